The van der Waals surface area contributed by atoms with E-state index in [0.29, 0.717) is 19.3 Å². The normalized spacial score (nSPS) is 28.9. The zero-order valence-electron chi connectivity index (χ0n) is 7.04. The maximum absolute atomic E-state index is 10.9. The SMILES string of the molecule is CC[C@@]1(C(=O)O)C=CC(=O)CC1. The first-order chi connectivity index (χ1) is 5.60. The Labute approximate surface area is 71.1 Å². The van der Waals surface area contributed by atoms with Crippen molar-refractivity contribution in [3.63, 3.8) is 0 Å². The lowest BCUT2D eigenvalue weighted by Crippen LogP contribution is -2.31. The zero-order chi connectivity index (χ0) is 9.19. The Morgan fingerprint density at radius 3 is 2.75 bits per heavy atom. The van der Waals surface area contributed by atoms with Crippen LogP contribution in [0.2, 0.25) is 0 Å². The molecule has 0 aliphatic heterocycles. The number of hydrogen-bond donors (Lipinski definition) is 1. The number of allylic oxidation sites excluding steroid dienone is 1. The molecule has 12 heavy (non-hydrogen) atoms. The van der Waals surface area contributed by atoms with Crippen LogP contribution < -0.4 is 0 Å². The predicted molar refractivity (Wildman–Crippen MR) is 43.7 cm³/mol. The van der Waals surface area contributed by atoms with E-state index >= 15 is 0 Å². The highest BCUT2D eigenvalue weighted by molar-refractivity contribution is 5.93. The summed E-state index contributed by atoms with van der Waals surface area (Å²) in [5.41, 5.74) is -0.784. The van der Waals surface area contributed by atoms with E-state index in [1.54, 1.807) is 0 Å². The van der Waals surface area contributed by atoms with Gasteiger partial charge in [0.15, 0.2) is 5.78 Å². The fourth-order valence-corrected chi connectivity index (χ4v) is 1.39. The van der Waals surface area contributed by atoms with Crippen molar-refractivity contribution in [1.82, 2.24) is 0 Å². The smallest absolute Gasteiger partial charge is 0.313 e. The molecule has 0 aromatic rings. The van der Waals surface area contributed by atoms with Crippen molar-refractivity contribution in [2.24, 2.45) is 5.41 Å². The van der Waals surface area contributed by atoms with Gasteiger partial charge in [0.25, 0.3) is 0 Å². The van der Waals surface area contributed by atoms with Gasteiger partial charge in [-0.1, -0.05) is 13.0 Å². The minimum Gasteiger partial charge on any atom is -0.481 e. The van der Waals surface area contributed by atoms with Crippen LogP contribution in [0.3, 0.4) is 0 Å². The number of carbonyl (C=O) groups is 2. The first-order valence-electron chi connectivity index (χ1n) is 4.06. The summed E-state index contributed by atoms with van der Waals surface area (Å²) in [6, 6.07) is 0. The molecule has 0 heterocycles. The third-order valence-corrected chi connectivity index (χ3v) is 2.46. The Kier molecular flexibility index (Phi) is 2.31. The van der Waals surface area contributed by atoms with Crippen molar-refractivity contribution in [2.45, 2.75) is 26.2 Å². The summed E-state index contributed by atoms with van der Waals surface area (Å²) in [4.78, 5) is 21.7. The van der Waals surface area contributed by atoms with E-state index in [1.807, 2.05) is 6.92 Å². The van der Waals surface area contributed by atoms with Crippen LogP contribution in [0.25, 0.3) is 0 Å². The molecule has 0 spiro atoms. The molecule has 0 saturated carbocycles. The third kappa shape index (κ3) is 1.40. The topological polar surface area (TPSA) is 54.4 Å². The summed E-state index contributed by atoms with van der Waals surface area (Å²) in [5.74, 6) is -0.797. The Bertz CT molecular complexity index is 242. The molecule has 0 amide bonds. The Morgan fingerprint density at radius 2 is 2.42 bits per heavy atom. The fourth-order valence-electron chi connectivity index (χ4n) is 1.39. The van der Waals surface area contributed by atoms with Gasteiger partial charge < -0.3 is 5.11 Å². The lowest BCUT2D eigenvalue weighted by Gasteiger charge is -2.26. The summed E-state index contributed by atoms with van der Waals surface area (Å²) in [7, 11) is 0. The summed E-state index contributed by atoms with van der Waals surface area (Å²) in [5, 5.41) is 8.91. The molecular formula is C9H12O3. The predicted octanol–water partition coefficient (Wildman–Crippen LogP) is 1.39. The summed E-state index contributed by atoms with van der Waals surface area (Å²) in [6.07, 6.45) is 4.26. The second kappa shape index (κ2) is 3.09. The molecule has 0 aromatic carbocycles. The molecule has 0 unspecified atom stereocenters. The van der Waals surface area contributed by atoms with Crippen LogP contribution in [0.5, 0.6) is 0 Å². The molecule has 0 fully saturated rings. The highest BCUT2D eigenvalue weighted by atomic mass is 16.4. The minimum atomic E-state index is -0.825. The molecule has 1 aliphatic rings. The lowest BCUT2D eigenvalue weighted by atomic mass is 9.77. The first kappa shape index (κ1) is 8.97. The minimum absolute atomic E-state index is 0.0281. The molecule has 0 saturated heterocycles. The zero-order valence-corrected chi connectivity index (χ0v) is 7.04. The monoisotopic (exact) mass is 168 g/mol. The van der Waals surface area contributed by atoms with Gasteiger partial charge >= 0.3 is 5.97 Å². The maximum Gasteiger partial charge on any atom is 0.313 e. The highest BCUT2D eigenvalue weighted by Gasteiger charge is 2.36. The van der Waals surface area contributed by atoms with Gasteiger partial charge in [-0.15, -0.1) is 0 Å². The van der Waals surface area contributed by atoms with Gasteiger partial charge in [0.05, 0.1) is 5.41 Å². The van der Waals surface area contributed by atoms with Gasteiger partial charge in [0, 0.05) is 6.42 Å². The van der Waals surface area contributed by atoms with E-state index in [2.05, 4.69) is 0 Å². The maximum atomic E-state index is 10.9. The van der Waals surface area contributed by atoms with E-state index in [-0.39, 0.29) is 5.78 Å². The molecule has 0 radical (unpaired) electrons. The molecule has 0 aromatic heterocycles. The molecule has 3 nitrogen and oxygen atoms in total. The molecule has 0 bridgehead atoms. The molecule has 3 heteroatoms. The summed E-state index contributed by atoms with van der Waals surface area (Å²) < 4.78 is 0. The van der Waals surface area contributed by atoms with Crippen molar-refractivity contribution in [2.75, 3.05) is 0 Å². The van der Waals surface area contributed by atoms with E-state index in [4.69, 9.17) is 5.11 Å². The van der Waals surface area contributed by atoms with Gasteiger partial charge in [-0.25, -0.2) is 0 Å². The van der Waals surface area contributed by atoms with Crippen molar-refractivity contribution in [3.05, 3.63) is 12.2 Å². The lowest BCUT2D eigenvalue weighted by molar-refractivity contribution is -0.147. The van der Waals surface area contributed by atoms with Gasteiger partial charge in [0.2, 0.25) is 0 Å². The van der Waals surface area contributed by atoms with Crippen LogP contribution in [0, 0.1) is 5.41 Å². The Morgan fingerprint density at radius 1 is 1.75 bits per heavy atom. The van der Waals surface area contributed by atoms with E-state index in [9.17, 15) is 9.59 Å². The van der Waals surface area contributed by atoms with Crippen LogP contribution in [0.1, 0.15) is 26.2 Å². The first-order valence-corrected chi connectivity index (χ1v) is 4.06. The van der Waals surface area contributed by atoms with Crippen LogP contribution in [-0.4, -0.2) is 16.9 Å². The number of carboxylic acid groups (broad SMARTS) is 1. The molecule has 1 rings (SSSR count). The average molecular weight is 168 g/mol. The van der Waals surface area contributed by atoms with Gasteiger partial charge in [-0.3, -0.25) is 9.59 Å². The number of carbonyl (C=O) groups excluding carboxylic acids is 1. The number of ketones is 1. The van der Waals surface area contributed by atoms with Crippen LogP contribution >= 0.6 is 0 Å². The molecule has 1 aliphatic carbocycles. The average Bonchev–Trinajstić information content (AvgIpc) is 2.06. The standard InChI is InChI=1S/C9H12O3/c1-2-9(8(11)12)5-3-7(10)4-6-9/h3,5H,2,4,6H2,1H3,(H,11,12)/t9-/m1/s1. The van der Waals surface area contributed by atoms with E-state index in [0.717, 1.165) is 0 Å². The molecule has 1 N–H and O–H groups in total. The number of aliphatic carboxylic acids is 1. The largest absolute Gasteiger partial charge is 0.481 e. The second-order valence-corrected chi connectivity index (χ2v) is 3.11. The fraction of sp³-hybridized carbons (Fsp3) is 0.556. The number of rotatable bonds is 2. The molecule has 1 atom stereocenters. The van der Waals surface area contributed by atoms with Gasteiger partial charge in [-0.05, 0) is 18.9 Å². The van der Waals surface area contributed by atoms with Gasteiger partial charge in [-0.2, -0.15) is 0 Å². The van der Waals surface area contributed by atoms with Crippen molar-refractivity contribution in [3.8, 4) is 0 Å². The van der Waals surface area contributed by atoms with Crippen molar-refractivity contribution >= 4 is 11.8 Å². The third-order valence-electron chi connectivity index (χ3n) is 2.46. The second-order valence-electron chi connectivity index (χ2n) is 3.11. The van der Waals surface area contributed by atoms with E-state index < -0.39 is 11.4 Å². The van der Waals surface area contributed by atoms with Gasteiger partial charge in [0.1, 0.15) is 0 Å². The highest BCUT2D eigenvalue weighted by Crippen LogP contribution is 2.33. The Balaban J connectivity index is 2.90. The summed E-state index contributed by atoms with van der Waals surface area (Å²) in [6.45, 7) is 1.83. The molecule has 66 valence electrons. The molecular weight excluding hydrogens is 156 g/mol. The number of carboxylic acids is 1. The quantitative estimate of drug-likeness (QED) is 0.677. The Hall–Kier alpha value is -1.12. The summed E-state index contributed by atoms with van der Waals surface area (Å²) >= 11 is 0. The van der Waals surface area contributed by atoms with Crippen molar-refractivity contribution in [1.29, 1.82) is 0 Å². The van der Waals surface area contributed by atoms with Crippen LogP contribution in [0.15, 0.2) is 12.2 Å². The van der Waals surface area contributed by atoms with Crippen LogP contribution in [0.4, 0.5) is 0 Å². The van der Waals surface area contributed by atoms with E-state index in [1.165, 1.54) is 12.2 Å². The van der Waals surface area contributed by atoms with Crippen LogP contribution in [-0.2, 0) is 9.59 Å². The number of hydrogen-bond acceptors (Lipinski definition) is 2. The van der Waals surface area contributed by atoms with Crippen molar-refractivity contribution < 1.29 is 14.7 Å².